The van der Waals surface area contributed by atoms with E-state index in [4.69, 9.17) is 21.1 Å². The van der Waals surface area contributed by atoms with Gasteiger partial charge in [0.15, 0.2) is 0 Å². The topological polar surface area (TPSA) is 47.6 Å². The fraction of sp³-hybridized carbons (Fsp3) is 0.917. The maximum Gasteiger partial charge on any atom is 0.224 e. The van der Waals surface area contributed by atoms with Crippen molar-refractivity contribution in [3.05, 3.63) is 0 Å². The number of hydrogen-bond acceptors (Lipinski definition) is 3. The van der Waals surface area contributed by atoms with Crippen LogP contribution in [0.3, 0.4) is 0 Å². The molecule has 17 heavy (non-hydrogen) atoms. The molecule has 1 rings (SSSR count). The number of ether oxygens (including phenoxy) is 2. The van der Waals surface area contributed by atoms with Crippen molar-refractivity contribution in [2.75, 3.05) is 32.2 Å². The molecular formula is C12H22ClNO3. The maximum atomic E-state index is 11.4. The van der Waals surface area contributed by atoms with Gasteiger partial charge in [-0.3, -0.25) is 4.79 Å². The predicted molar refractivity (Wildman–Crippen MR) is 67.3 cm³/mol. The van der Waals surface area contributed by atoms with Crippen LogP contribution < -0.4 is 5.32 Å². The quantitative estimate of drug-likeness (QED) is 0.534. The molecule has 0 aliphatic carbocycles. The number of alkyl halides is 1. The van der Waals surface area contributed by atoms with Gasteiger partial charge in [-0.2, -0.15) is 0 Å². The number of carbonyl (C=O) groups is 1. The van der Waals surface area contributed by atoms with Crippen LogP contribution in [0.1, 0.15) is 26.2 Å². The summed E-state index contributed by atoms with van der Waals surface area (Å²) in [5.41, 5.74) is 0. The van der Waals surface area contributed by atoms with E-state index in [1.165, 1.54) is 0 Å². The molecule has 1 N–H and O–H groups in total. The van der Waals surface area contributed by atoms with Crippen LogP contribution in [0.25, 0.3) is 0 Å². The van der Waals surface area contributed by atoms with E-state index in [2.05, 4.69) is 5.32 Å². The molecule has 1 aliphatic rings. The number of halogens is 1. The first kappa shape index (κ1) is 14.7. The first-order valence-electron chi connectivity index (χ1n) is 6.27. The van der Waals surface area contributed by atoms with Gasteiger partial charge in [0, 0.05) is 31.6 Å². The van der Waals surface area contributed by atoms with Gasteiger partial charge in [0.05, 0.1) is 12.7 Å². The number of amides is 1. The fourth-order valence-electron chi connectivity index (χ4n) is 1.62. The lowest BCUT2D eigenvalue weighted by molar-refractivity contribution is -0.123. The lowest BCUT2D eigenvalue weighted by Gasteiger charge is -2.11. The SMILES string of the molecule is CC(CCl)C(=O)NCCCOCC1CCCO1. The van der Waals surface area contributed by atoms with Crippen molar-refractivity contribution < 1.29 is 14.3 Å². The highest BCUT2D eigenvalue weighted by Gasteiger charge is 2.15. The second-order valence-corrected chi connectivity index (χ2v) is 4.72. The van der Waals surface area contributed by atoms with Crippen LogP contribution in [0, 0.1) is 5.92 Å². The molecule has 2 atom stereocenters. The Bertz CT molecular complexity index is 220. The smallest absolute Gasteiger partial charge is 0.224 e. The minimum Gasteiger partial charge on any atom is -0.379 e. The molecule has 2 unspecified atom stereocenters. The Morgan fingerprint density at radius 3 is 3.12 bits per heavy atom. The standard InChI is InChI=1S/C12H22ClNO3/c1-10(8-13)12(15)14-5-3-6-16-9-11-4-2-7-17-11/h10-11H,2-9H2,1H3,(H,14,15). The van der Waals surface area contributed by atoms with Gasteiger partial charge in [-0.05, 0) is 19.3 Å². The van der Waals surface area contributed by atoms with Crippen molar-refractivity contribution in [1.29, 1.82) is 0 Å². The fourth-order valence-corrected chi connectivity index (χ4v) is 1.76. The molecule has 0 saturated carbocycles. The van der Waals surface area contributed by atoms with Gasteiger partial charge in [-0.15, -0.1) is 11.6 Å². The molecule has 5 heteroatoms. The Kier molecular flexibility index (Phi) is 7.56. The predicted octanol–water partition coefficient (Wildman–Crippen LogP) is 1.56. The third-order valence-corrected chi connectivity index (χ3v) is 3.23. The molecule has 0 aromatic rings. The molecule has 1 saturated heterocycles. The lowest BCUT2D eigenvalue weighted by Crippen LogP contribution is -2.31. The Labute approximate surface area is 108 Å². The van der Waals surface area contributed by atoms with Gasteiger partial charge >= 0.3 is 0 Å². The van der Waals surface area contributed by atoms with E-state index < -0.39 is 0 Å². The first-order chi connectivity index (χ1) is 8.24. The van der Waals surface area contributed by atoms with Crippen molar-refractivity contribution in [3.8, 4) is 0 Å². The van der Waals surface area contributed by atoms with E-state index in [0.29, 0.717) is 25.6 Å². The third kappa shape index (κ3) is 6.24. The summed E-state index contributed by atoms with van der Waals surface area (Å²) < 4.78 is 10.9. The van der Waals surface area contributed by atoms with Crippen LogP contribution in [-0.2, 0) is 14.3 Å². The number of nitrogens with one attached hydrogen (secondary N) is 1. The van der Waals surface area contributed by atoms with Crippen molar-refractivity contribution in [3.63, 3.8) is 0 Å². The second-order valence-electron chi connectivity index (χ2n) is 4.41. The molecule has 0 spiro atoms. The zero-order valence-corrected chi connectivity index (χ0v) is 11.2. The molecule has 1 aliphatic heterocycles. The van der Waals surface area contributed by atoms with Crippen molar-refractivity contribution in [2.24, 2.45) is 5.92 Å². The molecule has 1 heterocycles. The van der Waals surface area contributed by atoms with Gasteiger partial charge in [0.25, 0.3) is 0 Å². The maximum absolute atomic E-state index is 11.4. The summed E-state index contributed by atoms with van der Waals surface area (Å²) in [5, 5.41) is 2.83. The van der Waals surface area contributed by atoms with Crippen molar-refractivity contribution in [2.45, 2.75) is 32.3 Å². The van der Waals surface area contributed by atoms with Crippen LogP contribution in [0.4, 0.5) is 0 Å². The van der Waals surface area contributed by atoms with Gasteiger partial charge in [0.1, 0.15) is 0 Å². The van der Waals surface area contributed by atoms with Crippen molar-refractivity contribution >= 4 is 17.5 Å². The van der Waals surface area contributed by atoms with E-state index in [1.807, 2.05) is 6.92 Å². The summed E-state index contributed by atoms with van der Waals surface area (Å²) in [6, 6.07) is 0. The minimum atomic E-state index is -0.121. The highest BCUT2D eigenvalue weighted by molar-refractivity contribution is 6.19. The van der Waals surface area contributed by atoms with Gasteiger partial charge in [-0.25, -0.2) is 0 Å². The molecule has 0 aromatic heterocycles. The van der Waals surface area contributed by atoms with Crippen LogP contribution in [0.2, 0.25) is 0 Å². The molecule has 1 fully saturated rings. The number of rotatable bonds is 8. The van der Waals surface area contributed by atoms with Crippen LogP contribution >= 0.6 is 11.6 Å². The van der Waals surface area contributed by atoms with E-state index >= 15 is 0 Å². The highest BCUT2D eigenvalue weighted by Crippen LogP contribution is 2.11. The van der Waals surface area contributed by atoms with Gasteiger partial charge in [-0.1, -0.05) is 6.92 Å². The molecule has 0 aromatic carbocycles. The minimum absolute atomic E-state index is 0.0131. The summed E-state index contributed by atoms with van der Waals surface area (Å²) in [6.45, 7) is 4.66. The Morgan fingerprint density at radius 1 is 1.65 bits per heavy atom. The summed E-state index contributed by atoms with van der Waals surface area (Å²) in [5.74, 6) is 0.255. The first-order valence-corrected chi connectivity index (χ1v) is 6.80. The van der Waals surface area contributed by atoms with E-state index in [0.717, 1.165) is 25.9 Å². The monoisotopic (exact) mass is 263 g/mol. The largest absolute Gasteiger partial charge is 0.379 e. The lowest BCUT2D eigenvalue weighted by atomic mass is 10.2. The highest BCUT2D eigenvalue weighted by atomic mass is 35.5. The summed E-state index contributed by atoms with van der Waals surface area (Å²) in [4.78, 5) is 11.4. The Hall–Kier alpha value is -0.320. The summed E-state index contributed by atoms with van der Waals surface area (Å²) >= 11 is 5.58. The summed E-state index contributed by atoms with van der Waals surface area (Å²) in [6.07, 6.45) is 3.35. The average molecular weight is 264 g/mol. The Morgan fingerprint density at radius 2 is 2.47 bits per heavy atom. The zero-order valence-electron chi connectivity index (χ0n) is 10.4. The van der Waals surface area contributed by atoms with Crippen molar-refractivity contribution in [1.82, 2.24) is 5.32 Å². The van der Waals surface area contributed by atoms with E-state index in [-0.39, 0.29) is 17.9 Å². The normalized spacial score (nSPS) is 21.4. The van der Waals surface area contributed by atoms with Crippen LogP contribution in [-0.4, -0.2) is 44.3 Å². The summed E-state index contributed by atoms with van der Waals surface area (Å²) in [7, 11) is 0. The molecule has 0 bridgehead atoms. The van der Waals surface area contributed by atoms with Gasteiger partial charge < -0.3 is 14.8 Å². The van der Waals surface area contributed by atoms with E-state index in [9.17, 15) is 4.79 Å². The number of carbonyl (C=O) groups excluding carboxylic acids is 1. The molecule has 1 amide bonds. The van der Waals surface area contributed by atoms with Gasteiger partial charge in [0.2, 0.25) is 5.91 Å². The molecule has 4 nitrogen and oxygen atoms in total. The van der Waals surface area contributed by atoms with E-state index in [1.54, 1.807) is 0 Å². The van der Waals surface area contributed by atoms with Crippen LogP contribution in [0.5, 0.6) is 0 Å². The Balaban J connectivity index is 1.88. The number of hydrogen-bond donors (Lipinski definition) is 1. The molecule has 0 radical (unpaired) electrons. The zero-order chi connectivity index (χ0) is 12.5. The average Bonchev–Trinajstić information content (AvgIpc) is 2.85. The second kappa shape index (κ2) is 8.72. The molecule has 100 valence electrons. The third-order valence-electron chi connectivity index (χ3n) is 2.77. The van der Waals surface area contributed by atoms with Crippen LogP contribution in [0.15, 0.2) is 0 Å². The molecular weight excluding hydrogens is 242 g/mol.